The molecule has 1 rings (SSSR count). The van der Waals surface area contributed by atoms with Gasteiger partial charge in [0.2, 0.25) is 0 Å². The summed E-state index contributed by atoms with van der Waals surface area (Å²) in [4.78, 5) is 8.96. The second-order valence-electron chi connectivity index (χ2n) is 2.20. The third-order valence-corrected chi connectivity index (χ3v) is 2.89. The van der Waals surface area contributed by atoms with Crippen molar-refractivity contribution < 1.29 is 18.5 Å². The van der Waals surface area contributed by atoms with Gasteiger partial charge < -0.3 is 4.52 Å². The molecule has 1 unspecified atom stereocenters. The van der Waals surface area contributed by atoms with Crippen LogP contribution in [0.2, 0.25) is 0 Å². The van der Waals surface area contributed by atoms with E-state index >= 15 is 0 Å². The smallest absolute Gasteiger partial charge is 0.404 e. The van der Waals surface area contributed by atoms with Crippen LogP contribution < -0.4 is 4.52 Å². The molecule has 1 aromatic carbocycles. The van der Waals surface area contributed by atoms with Crippen LogP contribution in [0.3, 0.4) is 0 Å². The van der Waals surface area contributed by atoms with E-state index in [1.807, 2.05) is 0 Å². The molecule has 0 saturated carbocycles. The van der Waals surface area contributed by atoms with Crippen molar-refractivity contribution in [3.63, 3.8) is 0 Å². The van der Waals surface area contributed by atoms with Crippen LogP contribution in [0.15, 0.2) is 24.3 Å². The molecule has 0 bridgehead atoms. The Balaban J connectivity index is 2.75. The highest BCUT2D eigenvalue weighted by Gasteiger charge is 2.19. The van der Waals surface area contributed by atoms with Gasteiger partial charge >= 0.3 is 7.82 Å². The Bertz CT molecular complexity index is 324. The minimum absolute atomic E-state index is 0.313. The van der Waals surface area contributed by atoms with Crippen LogP contribution in [-0.4, -0.2) is 12.0 Å². The number of rotatable bonds is 3. The highest BCUT2D eigenvalue weighted by molar-refractivity contribution is 14.1. The normalized spacial score (nSPS) is 15.0. The predicted molar refractivity (Wildman–Crippen MR) is 56.6 cm³/mol. The zero-order valence-electron chi connectivity index (χ0n) is 6.81. The number of benzene rings is 1. The molecule has 1 atom stereocenters. The predicted octanol–water partition coefficient (Wildman–Crippen LogP) is 2.42. The SMILES string of the molecule is COP(=O)(O)Oc1ccc(I)cc1. The van der Waals surface area contributed by atoms with Crippen molar-refractivity contribution in [2.75, 3.05) is 7.11 Å². The first-order valence-corrected chi connectivity index (χ1v) is 5.94. The fourth-order valence-corrected chi connectivity index (χ4v) is 1.49. The second-order valence-corrected chi connectivity index (χ2v) is 4.93. The van der Waals surface area contributed by atoms with Crippen LogP contribution in [0.25, 0.3) is 0 Å². The zero-order valence-corrected chi connectivity index (χ0v) is 9.86. The second kappa shape index (κ2) is 4.41. The van der Waals surface area contributed by atoms with Gasteiger partial charge in [-0.25, -0.2) is 4.57 Å². The van der Waals surface area contributed by atoms with Gasteiger partial charge in [-0.1, -0.05) is 0 Å². The quantitative estimate of drug-likeness (QED) is 0.688. The number of phosphoric acid groups is 1. The maximum Gasteiger partial charge on any atom is 0.527 e. The van der Waals surface area contributed by atoms with Gasteiger partial charge in [-0.05, 0) is 46.9 Å². The maximum atomic E-state index is 10.9. The number of phosphoric ester groups is 1. The van der Waals surface area contributed by atoms with E-state index in [-0.39, 0.29) is 0 Å². The van der Waals surface area contributed by atoms with E-state index in [2.05, 4.69) is 27.1 Å². The molecule has 1 aromatic rings. The molecule has 0 radical (unpaired) electrons. The molecule has 0 fully saturated rings. The van der Waals surface area contributed by atoms with E-state index in [0.717, 1.165) is 10.7 Å². The molecule has 0 aliphatic heterocycles. The summed E-state index contributed by atoms with van der Waals surface area (Å²) in [5.74, 6) is 0.313. The van der Waals surface area contributed by atoms with Gasteiger partial charge in [-0.3, -0.25) is 9.42 Å². The van der Waals surface area contributed by atoms with E-state index in [4.69, 9.17) is 9.42 Å². The Kier molecular flexibility index (Phi) is 3.73. The van der Waals surface area contributed by atoms with Gasteiger partial charge in [0.15, 0.2) is 0 Å². The van der Waals surface area contributed by atoms with Crippen molar-refractivity contribution in [1.82, 2.24) is 0 Å². The van der Waals surface area contributed by atoms with Gasteiger partial charge in [-0.15, -0.1) is 0 Å². The highest BCUT2D eigenvalue weighted by Crippen LogP contribution is 2.42. The lowest BCUT2D eigenvalue weighted by molar-refractivity contribution is 0.243. The van der Waals surface area contributed by atoms with Crippen molar-refractivity contribution in [3.05, 3.63) is 27.8 Å². The molecular weight excluding hydrogens is 306 g/mol. The third kappa shape index (κ3) is 3.64. The van der Waals surface area contributed by atoms with Crippen LogP contribution in [0, 0.1) is 3.57 Å². The third-order valence-electron chi connectivity index (χ3n) is 1.27. The minimum Gasteiger partial charge on any atom is -0.404 e. The van der Waals surface area contributed by atoms with Crippen molar-refractivity contribution in [1.29, 1.82) is 0 Å². The largest absolute Gasteiger partial charge is 0.527 e. The summed E-state index contributed by atoms with van der Waals surface area (Å²) >= 11 is 2.12. The van der Waals surface area contributed by atoms with Crippen LogP contribution in [0.4, 0.5) is 0 Å². The van der Waals surface area contributed by atoms with Gasteiger partial charge in [0, 0.05) is 10.7 Å². The van der Waals surface area contributed by atoms with Crippen LogP contribution in [0.5, 0.6) is 5.75 Å². The van der Waals surface area contributed by atoms with Gasteiger partial charge in [-0.2, -0.15) is 0 Å². The van der Waals surface area contributed by atoms with Crippen LogP contribution in [-0.2, 0) is 9.09 Å². The molecule has 6 heteroatoms. The van der Waals surface area contributed by atoms with Crippen LogP contribution >= 0.6 is 30.4 Å². The fourth-order valence-electron chi connectivity index (χ4n) is 0.666. The van der Waals surface area contributed by atoms with Crippen molar-refractivity contribution in [2.45, 2.75) is 0 Å². The lowest BCUT2D eigenvalue weighted by Gasteiger charge is -2.09. The molecule has 0 spiro atoms. The molecule has 13 heavy (non-hydrogen) atoms. The minimum atomic E-state index is -3.91. The summed E-state index contributed by atoms with van der Waals surface area (Å²) in [7, 11) is -2.79. The Morgan fingerprint density at radius 3 is 2.38 bits per heavy atom. The molecular formula is C7H8IO4P. The summed E-state index contributed by atoms with van der Waals surface area (Å²) in [5, 5.41) is 0. The van der Waals surface area contributed by atoms with E-state index in [9.17, 15) is 4.57 Å². The lowest BCUT2D eigenvalue weighted by Crippen LogP contribution is -1.93. The van der Waals surface area contributed by atoms with E-state index in [1.165, 1.54) is 0 Å². The molecule has 1 N–H and O–H groups in total. The molecule has 4 nitrogen and oxygen atoms in total. The first kappa shape index (κ1) is 11.0. The first-order chi connectivity index (χ1) is 6.03. The number of hydrogen-bond acceptors (Lipinski definition) is 3. The molecule has 0 aliphatic rings. The molecule has 0 aromatic heterocycles. The Morgan fingerprint density at radius 1 is 1.38 bits per heavy atom. The summed E-state index contributed by atoms with van der Waals surface area (Å²) < 4.78 is 20.9. The summed E-state index contributed by atoms with van der Waals surface area (Å²) in [6, 6.07) is 6.74. The lowest BCUT2D eigenvalue weighted by atomic mass is 10.3. The molecule has 0 amide bonds. The Hall–Kier alpha value is -0.100. The van der Waals surface area contributed by atoms with Gasteiger partial charge in [0.25, 0.3) is 0 Å². The van der Waals surface area contributed by atoms with Crippen molar-refractivity contribution in [2.24, 2.45) is 0 Å². The monoisotopic (exact) mass is 314 g/mol. The average Bonchev–Trinajstić information content (AvgIpc) is 2.09. The Morgan fingerprint density at radius 2 is 1.92 bits per heavy atom. The standard InChI is InChI=1S/C7H8IO4P/c1-11-13(9,10)12-7-4-2-6(8)3-5-7/h2-5H,1H3,(H,9,10). The van der Waals surface area contributed by atoms with E-state index in [0.29, 0.717) is 5.75 Å². The number of hydrogen-bond donors (Lipinski definition) is 1. The van der Waals surface area contributed by atoms with Crippen molar-refractivity contribution >= 4 is 30.4 Å². The molecule has 0 aliphatic carbocycles. The van der Waals surface area contributed by atoms with Gasteiger partial charge in [0.05, 0.1) is 0 Å². The summed E-state index contributed by atoms with van der Waals surface area (Å²) in [6.45, 7) is 0. The average molecular weight is 314 g/mol. The summed E-state index contributed by atoms with van der Waals surface area (Å²) in [5.41, 5.74) is 0. The summed E-state index contributed by atoms with van der Waals surface area (Å²) in [6.07, 6.45) is 0. The van der Waals surface area contributed by atoms with E-state index in [1.54, 1.807) is 24.3 Å². The molecule has 0 saturated heterocycles. The molecule has 72 valence electrons. The highest BCUT2D eigenvalue weighted by atomic mass is 127. The van der Waals surface area contributed by atoms with Crippen LogP contribution in [0.1, 0.15) is 0 Å². The first-order valence-electron chi connectivity index (χ1n) is 3.37. The topological polar surface area (TPSA) is 55.8 Å². The zero-order chi connectivity index (χ0) is 9.90. The number of halogens is 1. The maximum absolute atomic E-state index is 10.9. The fraction of sp³-hybridized carbons (Fsp3) is 0.143. The van der Waals surface area contributed by atoms with E-state index < -0.39 is 7.82 Å². The van der Waals surface area contributed by atoms with Gasteiger partial charge in [0.1, 0.15) is 5.75 Å². The Labute approximate surface area is 89.6 Å². The van der Waals surface area contributed by atoms with Crippen molar-refractivity contribution in [3.8, 4) is 5.75 Å². The molecule has 0 heterocycles.